The lowest BCUT2D eigenvalue weighted by atomic mass is 10.00. The first-order chi connectivity index (χ1) is 13.0. The third-order valence-corrected chi connectivity index (χ3v) is 4.17. The lowest BCUT2D eigenvalue weighted by molar-refractivity contribution is 0.628. The summed E-state index contributed by atoms with van der Waals surface area (Å²) in [5.41, 5.74) is 8.19. The average Bonchev–Trinajstić information content (AvgIpc) is 2.71. The zero-order valence-electron chi connectivity index (χ0n) is 15.0. The normalized spacial score (nSPS) is 11.7. The summed E-state index contributed by atoms with van der Waals surface area (Å²) in [5, 5.41) is 12.0. The van der Waals surface area contributed by atoms with Gasteiger partial charge < -0.3 is 5.32 Å². The van der Waals surface area contributed by atoms with Gasteiger partial charge in [-0.3, -0.25) is 10.9 Å². The van der Waals surface area contributed by atoms with Gasteiger partial charge in [0.15, 0.2) is 5.11 Å². The molecule has 0 bridgehead atoms. The van der Waals surface area contributed by atoms with Gasteiger partial charge in [-0.05, 0) is 42.9 Å². The van der Waals surface area contributed by atoms with E-state index in [1.165, 1.54) is 12.1 Å². The fraction of sp³-hybridized carbons (Fsp3) is 0.158. The third kappa shape index (κ3) is 6.19. The van der Waals surface area contributed by atoms with Crippen LogP contribution in [0, 0.1) is 5.82 Å². The average molecular weight is 402 g/mol. The molecule has 3 N–H and O–H groups in total. The van der Waals surface area contributed by atoms with Gasteiger partial charge in [0.05, 0.1) is 4.99 Å². The molecule has 0 heterocycles. The number of nitrogens with one attached hydrogen (secondary N) is 3. The maximum absolute atomic E-state index is 13.4. The van der Waals surface area contributed by atoms with Crippen molar-refractivity contribution < 1.29 is 4.39 Å². The highest BCUT2D eigenvalue weighted by Crippen LogP contribution is 2.11. The number of hydrogen-bond donors (Lipinski definition) is 3. The Kier molecular flexibility index (Phi) is 7.97. The van der Waals surface area contributed by atoms with Crippen LogP contribution in [0.5, 0.6) is 0 Å². The minimum Gasteiger partial charge on any atom is -0.364 e. The molecule has 27 heavy (non-hydrogen) atoms. The summed E-state index contributed by atoms with van der Waals surface area (Å²) in [5.74, 6) is -0.333. The van der Waals surface area contributed by atoms with Crippen molar-refractivity contribution in [1.29, 1.82) is 0 Å². The summed E-state index contributed by atoms with van der Waals surface area (Å²) in [6.45, 7) is 1.94. The van der Waals surface area contributed by atoms with E-state index in [0.717, 1.165) is 5.56 Å². The number of benzene rings is 2. The summed E-state index contributed by atoms with van der Waals surface area (Å²) in [6.07, 6.45) is 0.659. The van der Waals surface area contributed by atoms with E-state index in [4.69, 9.17) is 24.4 Å². The van der Waals surface area contributed by atoms with Crippen LogP contribution in [0.4, 0.5) is 4.39 Å². The van der Waals surface area contributed by atoms with Gasteiger partial charge in [-0.15, -0.1) is 0 Å². The van der Waals surface area contributed by atoms with Crippen molar-refractivity contribution in [3.05, 3.63) is 71.5 Å². The number of nitrogens with zero attached hydrogens (tertiary/aromatic N) is 2. The Labute approximate surface area is 168 Å². The number of thiocarbonyl (C=S) groups is 2. The fourth-order valence-electron chi connectivity index (χ4n) is 2.07. The first kappa shape index (κ1) is 20.6. The lowest BCUT2D eigenvalue weighted by Crippen LogP contribution is -2.32. The largest absolute Gasteiger partial charge is 0.364 e. The summed E-state index contributed by atoms with van der Waals surface area (Å²) in [6, 6.07) is 15.5. The molecule has 0 amide bonds. The second-order valence-corrected chi connectivity index (χ2v) is 6.27. The standard InChI is InChI=1S/C19H20FN5S2/c1-3-16(26)22-23-17(13-7-5-4-6-8-13)18(24-25-19(27)21-2)14-9-11-15(20)12-10-14/h4-12H,3H2,1-2H3,(H,22,26)(H2,21,25,27). The van der Waals surface area contributed by atoms with E-state index in [2.05, 4.69) is 26.4 Å². The van der Waals surface area contributed by atoms with E-state index in [9.17, 15) is 4.39 Å². The maximum Gasteiger partial charge on any atom is 0.186 e. The van der Waals surface area contributed by atoms with E-state index >= 15 is 0 Å². The molecular formula is C19H20FN5S2. The van der Waals surface area contributed by atoms with Crippen LogP contribution in [0.2, 0.25) is 0 Å². The molecule has 2 aromatic carbocycles. The summed E-state index contributed by atoms with van der Waals surface area (Å²) in [4.78, 5) is 0.598. The van der Waals surface area contributed by atoms with E-state index in [-0.39, 0.29) is 5.82 Å². The van der Waals surface area contributed by atoms with Crippen molar-refractivity contribution in [2.45, 2.75) is 13.3 Å². The molecule has 0 unspecified atom stereocenters. The molecule has 0 saturated carbocycles. The van der Waals surface area contributed by atoms with Gasteiger partial charge in [0.25, 0.3) is 0 Å². The monoisotopic (exact) mass is 401 g/mol. The highest BCUT2D eigenvalue weighted by atomic mass is 32.1. The van der Waals surface area contributed by atoms with Gasteiger partial charge in [0.1, 0.15) is 17.2 Å². The summed E-state index contributed by atoms with van der Waals surface area (Å²) in [7, 11) is 1.69. The van der Waals surface area contributed by atoms with Crippen LogP contribution < -0.4 is 16.2 Å². The van der Waals surface area contributed by atoms with Gasteiger partial charge in [0.2, 0.25) is 0 Å². The molecule has 140 valence electrons. The Morgan fingerprint density at radius 2 is 1.44 bits per heavy atom. The van der Waals surface area contributed by atoms with E-state index in [1.54, 1.807) is 19.2 Å². The molecule has 8 heteroatoms. The van der Waals surface area contributed by atoms with Crippen molar-refractivity contribution >= 4 is 46.0 Å². The molecule has 0 atom stereocenters. The molecule has 2 rings (SSSR count). The van der Waals surface area contributed by atoms with Crippen molar-refractivity contribution in [2.75, 3.05) is 7.05 Å². The van der Waals surface area contributed by atoms with Gasteiger partial charge in [-0.1, -0.05) is 49.5 Å². The predicted octanol–water partition coefficient (Wildman–Crippen LogP) is 3.36. The molecule has 0 saturated heterocycles. The van der Waals surface area contributed by atoms with E-state index in [1.807, 2.05) is 37.3 Å². The quantitative estimate of drug-likeness (QED) is 0.394. The van der Waals surface area contributed by atoms with Crippen molar-refractivity contribution in [2.24, 2.45) is 10.2 Å². The SMILES string of the molecule is CCC(=S)NN=C(C(=NNC(=S)NC)c1ccc(F)cc1)c1ccccc1. The minimum atomic E-state index is -0.333. The molecule has 2 aromatic rings. The molecule has 0 radical (unpaired) electrons. The number of hydrogen-bond acceptors (Lipinski definition) is 4. The number of halogens is 1. The topological polar surface area (TPSA) is 60.8 Å². The van der Waals surface area contributed by atoms with Gasteiger partial charge in [-0.25, -0.2) is 4.39 Å². The van der Waals surface area contributed by atoms with Crippen molar-refractivity contribution in [1.82, 2.24) is 16.2 Å². The molecule has 0 aromatic heterocycles. The predicted molar refractivity (Wildman–Crippen MR) is 117 cm³/mol. The molecule has 0 spiro atoms. The second-order valence-electron chi connectivity index (χ2n) is 5.37. The summed E-state index contributed by atoms with van der Waals surface area (Å²) < 4.78 is 13.4. The maximum atomic E-state index is 13.4. The fourth-order valence-corrected chi connectivity index (χ4v) is 2.16. The Hall–Kier alpha value is -2.71. The van der Waals surface area contributed by atoms with Crippen LogP contribution in [-0.2, 0) is 0 Å². The van der Waals surface area contributed by atoms with Crippen LogP contribution in [0.3, 0.4) is 0 Å². The van der Waals surface area contributed by atoms with Crippen LogP contribution in [0.1, 0.15) is 24.5 Å². The molecule has 0 aliphatic rings. The van der Waals surface area contributed by atoms with Gasteiger partial charge >= 0.3 is 0 Å². The molecule has 5 nitrogen and oxygen atoms in total. The van der Waals surface area contributed by atoms with Crippen LogP contribution in [0.15, 0.2) is 64.8 Å². The first-order valence-corrected chi connectivity index (χ1v) is 9.10. The van der Waals surface area contributed by atoms with Crippen LogP contribution in [0.25, 0.3) is 0 Å². The van der Waals surface area contributed by atoms with Crippen LogP contribution in [-0.4, -0.2) is 28.6 Å². The molecule has 0 fully saturated rings. The molecule has 0 aliphatic heterocycles. The highest BCUT2D eigenvalue weighted by molar-refractivity contribution is 7.80. The van der Waals surface area contributed by atoms with Gasteiger partial charge in [0, 0.05) is 18.2 Å². The second kappa shape index (κ2) is 10.4. The lowest BCUT2D eigenvalue weighted by Gasteiger charge is -2.13. The number of rotatable bonds is 6. The Bertz CT molecular complexity index is 848. The van der Waals surface area contributed by atoms with Crippen LogP contribution >= 0.6 is 24.4 Å². The smallest absolute Gasteiger partial charge is 0.186 e. The molecular weight excluding hydrogens is 381 g/mol. The van der Waals surface area contributed by atoms with E-state index < -0.39 is 0 Å². The Balaban J connectivity index is 2.56. The van der Waals surface area contributed by atoms with Crippen molar-refractivity contribution in [3.63, 3.8) is 0 Å². The minimum absolute atomic E-state index is 0.333. The third-order valence-electron chi connectivity index (χ3n) is 3.50. The molecule has 0 aliphatic carbocycles. The Morgan fingerprint density at radius 3 is 2.00 bits per heavy atom. The van der Waals surface area contributed by atoms with Crippen molar-refractivity contribution in [3.8, 4) is 0 Å². The zero-order valence-corrected chi connectivity index (χ0v) is 16.6. The van der Waals surface area contributed by atoms with E-state index in [0.29, 0.717) is 33.5 Å². The summed E-state index contributed by atoms with van der Waals surface area (Å²) >= 11 is 10.3. The highest BCUT2D eigenvalue weighted by Gasteiger charge is 2.16. The Morgan fingerprint density at radius 1 is 0.889 bits per heavy atom. The van der Waals surface area contributed by atoms with Gasteiger partial charge in [-0.2, -0.15) is 10.2 Å². The first-order valence-electron chi connectivity index (χ1n) is 8.28. The zero-order chi connectivity index (χ0) is 19.6. The number of hydrazone groups is 2.